The van der Waals surface area contributed by atoms with Crippen LogP contribution in [0.4, 0.5) is 0 Å². The molecule has 0 saturated carbocycles. The van der Waals surface area contributed by atoms with Gasteiger partial charge in [0.05, 0.1) is 16.4 Å². The van der Waals surface area contributed by atoms with Crippen molar-refractivity contribution in [1.29, 1.82) is 0 Å². The second kappa shape index (κ2) is 6.58. The van der Waals surface area contributed by atoms with Crippen molar-refractivity contribution in [3.05, 3.63) is 59.8 Å². The molecule has 0 aromatic carbocycles. The summed E-state index contributed by atoms with van der Waals surface area (Å²) in [7, 11) is 0. The van der Waals surface area contributed by atoms with Gasteiger partial charge in [0.15, 0.2) is 0 Å². The van der Waals surface area contributed by atoms with E-state index in [1.54, 1.807) is 34.0 Å². The number of rotatable bonds is 5. The van der Waals surface area contributed by atoms with Crippen molar-refractivity contribution in [3.63, 3.8) is 0 Å². The summed E-state index contributed by atoms with van der Waals surface area (Å²) in [6, 6.07) is 8.68. The van der Waals surface area contributed by atoms with E-state index < -0.39 is 0 Å². The summed E-state index contributed by atoms with van der Waals surface area (Å²) < 4.78 is 0.825. The molecule has 0 spiro atoms. The van der Waals surface area contributed by atoms with Gasteiger partial charge in [0.1, 0.15) is 5.01 Å². The second-order valence-electron chi connectivity index (χ2n) is 4.79. The standard InChI is InChI=1S/C15H15ClN2S3/c1-9-8-17-15(20-9)10(2)18-14(11-4-3-7-19-11)12-5-6-13(16)21-12/h3-8,10,14,18H,1-2H3. The highest BCUT2D eigenvalue weighted by atomic mass is 35.5. The number of halogens is 1. The molecule has 0 bridgehead atoms. The van der Waals surface area contributed by atoms with E-state index in [9.17, 15) is 0 Å². The van der Waals surface area contributed by atoms with E-state index in [1.165, 1.54) is 14.6 Å². The number of hydrogen-bond donors (Lipinski definition) is 1. The van der Waals surface area contributed by atoms with Gasteiger partial charge in [-0.3, -0.25) is 5.32 Å². The molecule has 0 amide bonds. The Bertz CT molecular complexity index is 702. The number of aryl methyl sites for hydroxylation is 1. The maximum Gasteiger partial charge on any atom is 0.109 e. The van der Waals surface area contributed by atoms with Gasteiger partial charge in [0.25, 0.3) is 0 Å². The molecular formula is C15H15ClN2S3. The lowest BCUT2D eigenvalue weighted by molar-refractivity contribution is 0.524. The van der Waals surface area contributed by atoms with Crippen molar-refractivity contribution in [2.45, 2.75) is 25.9 Å². The van der Waals surface area contributed by atoms with Crippen molar-refractivity contribution in [2.75, 3.05) is 0 Å². The molecule has 3 rings (SSSR count). The van der Waals surface area contributed by atoms with E-state index >= 15 is 0 Å². The first-order chi connectivity index (χ1) is 10.1. The van der Waals surface area contributed by atoms with Crippen LogP contribution < -0.4 is 5.32 Å². The molecule has 3 aromatic rings. The molecule has 2 nitrogen and oxygen atoms in total. The van der Waals surface area contributed by atoms with Crippen molar-refractivity contribution in [3.8, 4) is 0 Å². The maximum absolute atomic E-state index is 6.11. The van der Waals surface area contributed by atoms with Crippen molar-refractivity contribution < 1.29 is 0 Å². The molecule has 2 unspecified atom stereocenters. The smallest absolute Gasteiger partial charge is 0.109 e. The van der Waals surface area contributed by atoms with Crippen LogP contribution in [-0.2, 0) is 0 Å². The topological polar surface area (TPSA) is 24.9 Å². The molecule has 110 valence electrons. The first kappa shape index (κ1) is 15.2. The molecule has 2 atom stereocenters. The minimum Gasteiger partial charge on any atom is -0.296 e. The zero-order chi connectivity index (χ0) is 14.8. The lowest BCUT2D eigenvalue weighted by atomic mass is 10.1. The van der Waals surface area contributed by atoms with Gasteiger partial charge in [-0.05, 0) is 37.4 Å². The highest BCUT2D eigenvalue weighted by molar-refractivity contribution is 7.16. The van der Waals surface area contributed by atoms with E-state index in [0.717, 1.165) is 9.34 Å². The summed E-state index contributed by atoms with van der Waals surface area (Å²) in [4.78, 5) is 8.27. The van der Waals surface area contributed by atoms with E-state index in [1.807, 2.05) is 12.3 Å². The SMILES string of the molecule is Cc1cnc(C(C)NC(c2cccs2)c2ccc(Cl)s2)s1. The molecule has 0 aliphatic carbocycles. The predicted octanol–water partition coefficient (Wildman–Crippen LogP) is 5.67. The maximum atomic E-state index is 6.11. The van der Waals surface area contributed by atoms with Gasteiger partial charge in [0.2, 0.25) is 0 Å². The van der Waals surface area contributed by atoms with Gasteiger partial charge >= 0.3 is 0 Å². The molecule has 6 heteroatoms. The van der Waals surface area contributed by atoms with Gasteiger partial charge in [-0.1, -0.05) is 17.7 Å². The van der Waals surface area contributed by atoms with Crippen molar-refractivity contribution >= 4 is 45.6 Å². The molecule has 3 heterocycles. The third kappa shape index (κ3) is 3.55. The Morgan fingerprint density at radius 2 is 2.05 bits per heavy atom. The average Bonchev–Trinajstić information content (AvgIpc) is 3.17. The van der Waals surface area contributed by atoms with E-state index in [4.69, 9.17) is 11.6 Å². The van der Waals surface area contributed by atoms with Crippen LogP contribution >= 0.6 is 45.6 Å². The van der Waals surface area contributed by atoms with Crippen LogP contribution in [0.3, 0.4) is 0 Å². The van der Waals surface area contributed by atoms with Crippen LogP contribution in [-0.4, -0.2) is 4.98 Å². The van der Waals surface area contributed by atoms with E-state index in [2.05, 4.69) is 47.7 Å². The summed E-state index contributed by atoms with van der Waals surface area (Å²) in [5.41, 5.74) is 0. The second-order valence-corrected chi connectivity index (χ2v) is 8.78. The van der Waals surface area contributed by atoms with E-state index in [-0.39, 0.29) is 12.1 Å². The minimum atomic E-state index is 0.168. The molecule has 21 heavy (non-hydrogen) atoms. The van der Waals surface area contributed by atoms with Crippen LogP contribution in [0, 0.1) is 6.92 Å². The van der Waals surface area contributed by atoms with Crippen LogP contribution in [0.5, 0.6) is 0 Å². The Kier molecular flexibility index (Phi) is 4.76. The van der Waals surface area contributed by atoms with E-state index in [0.29, 0.717) is 0 Å². The fourth-order valence-electron chi connectivity index (χ4n) is 2.14. The fraction of sp³-hybridized carbons (Fsp3) is 0.267. The molecule has 3 aromatic heterocycles. The molecule has 1 N–H and O–H groups in total. The largest absolute Gasteiger partial charge is 0.296 e. The highest BCUT2D eigenvalue weighted by Crippen LogP contribution is 2.35. The molecular weight excluding hydrogens is 340 g/mol. The monoisotopic (exact) mass is 354 g/mol. The summed E-state index contributed by atoms with van der Waals surface area (Å²) in [6.45, 7) is 4.25. The quantitative estimate of drug-likeness (QED) is 0.638. The molecule has 0 saturated heterocycles. The van der Waals surface area contributed by atoms with Gasteiger partial charge < -0.3 is 0 Å². The first-order valence-corrected chi connectivity index (χ1v) is 9.49. The number of aromatic nitrogens is 1. The lowest BCUT2D eigenvalue weighted by Gasteiger charge is -2.20. The summed E-state index contributed by atoms with van der Waals surface area (Å²) in [6.07, 6.45) is 1.93. The lowest BCUT2D eigenvalue weighted by Crippen LogP contribution is -2.24. The Morgan fingerprint density at radius 3 is 2.62 bits per heavy atom. The summed E-state index contributed by atoms with van der Waals surface area (Å²) in [5, 5.41) is 6.92. The summed E-state index contributed by atoms with van der Waals surface area (Å²) in [5.74, 6) is 0. The Labute approximate surface area is 141 Å². The summed E-state index contributed by atoms with van der Waals surface area (Å²) >= 11 is 11.2. The van der Waals surface area contributed by atoms with Gasteiger partial charge in [-0.15, -0.1) is 34.0 Å². The van der Waals surface area contributed by atoms with Crippen LogP contribution in [0.25, 0.3) is 0 Å². The Hall–Kier alpha value is -0.720. The van der Waals surface area contributed by atoms with Crippen LogP contribution in [0.15, 0.2) is 35.8 Å². The number of hydrogen-bond acceptors (Lipinski definition) is 5. The normalized spacial score (nSPS) is 14.2. The van der Waals surface area contributed by atoms with Gasteiger partial charge in [-0.25, -0.2) is 4.98 Å². The molecule has 0 aliphatic heterocycles. The van der Waals surface area contributed by atoms with Crippen molar-refractivity contribution in [1.82, 2.24) is 10.3 Å². The van der Waals surface area contributed by atoms with Crippen molar-refractivity contribution in [2.24, 2.45) is 0 Å². The van der Waals surface area contributed by atoms with Crippen LogP contribution in [0.2, 0.25) is 4.34 Å². The fourth-order valence-corrected chi connectivity index (χ4v) is 4.94. The number of thiazole rings is 1. The first-order valence-electron chi connectivity index (χ1n) is 6.60. The predicted molar refractivity (Wildman–Crippen MR) is 93.9 cm³/mol. The molecule has 0 radical (unpaired) electrons. The Balaban J connectivity index is 1.86. The van der Waals surface area contributed by atoms with Crippen LogP contribution in [0.1, 0.15) is 38.6 Å². The van der Waals surface area contributed by atoms with Gasteiger partial charge in [-0.2, -0.15) is 0 Å². The molecule has 0 fully saturated rings. The molecule has 0 aliphatic rings. The van der Waals surface area contributed by atoms with Gasteiger partial charge in [0, 0.05) is 20.8 Å². The highest BCUT2D eigenvalue weighted by Gasteiger charge is 2.21. The average molecular weight is 355 g/mol. The third-order valence-corrected chi connectivity index (χ3v) is 6.46. The minimum absolute atomic E-state index is 0.168. The Morgan fingerprint density at radius 1 is 1.19 bits per heavy atom. The zero-order valence-electron chi connectivity index (χ0n) is 11.7. The number of nitrogens with one attached hydrogen (secondary N) is 1. The number of thiophene rings is 2. The zero-order valence-corrected chi connectivity index (χ0v) is 14.9. The third-order valence-electron chi connectivity index (χ3n) is 3.13. The number of nitrogens with zero attached hydrogens (tertiary/aromatic N) is 1.